The van der Waals surface area contributed by atoms with Gasteiger partial charge in [-0.1, -0.05) is 67.1 Å². The highest BCUT2D eigenvalue weighted by atomic mass is 35.5. The molecule has 7 nitrogen and oxygen atoms in total. The largest absolute Gasteiger partial charge is 0.492 e. The van der Waals surface area contributed by atoms with Crippen LogP contribution in [0.1, 0.15) is 25.3 Å². The number of unbranched alkanes of at least 4 members (excludes halogenated alkanes) is 1. The fourth-order valence-corrected chi connectivity index (χ4v) is 4.92. The lowest BCUT2D eigenvalue weighted by molar-refractivity contribution is -0.140. The summed E-state index contributed by atoms with van der Waals surface area (Å²) in [6.45, 7) is 2.20. The summed E-state index contributed by atoms with van der Waals surface area (Å²) < 4.78 is 7.69. The van der Waals surface area contributed by atoms with Crippen LogP contribution in [0.25, 0.3) is 23.0 Å². The predicted octanol–water partition coefficient (Wildman–Crippen LogP) is 5.66. The number of hydrogen-bond donors (Lipinski definition) is 1. The number of carboxylic acids is 1. The van der Waals surface area contributed by atoms with Crippen molar-refractivity contribution in [1.82, 2.24) is 14.7 Å². The summed E-state index contributed by atoms with van der Waals surface area (Å²) >= 11 is 12.8. The first kappa shape index (κ1) is 25.0. The van der Waals surface area contributed by atoms with Gasteiger partial charge in [-0.25, -0.2) is 4.68 Å². The lowest BCUT2D eigenvalue weighted by atomic mass is 10.1. The van der Waals surface area contributed by atoms with E-state index < -0.39 is 18.4 Å². The molecule has 1 fully saturated rings. The molecule has 1 aliphatic heterocycles. The zero-order valence-corrected chi connectivity index (χ0v) is 21.2. The Labute approximate surface area is 217 Å². The minimum atomic E-state index is -1.13. The molecule has 0 aliphatic carbocycles. The van der Waals surface area contributed by atoms with Crippen molar-refractivity contribution in [2.24, 2.45) is 0 Å². The fraction of sp³-hybridized carbons (Fsp3) is 0.200. The van der Waals surface area contributed by atoms with Gasteiger partial charge in [0, 0.05) is 17.3 Å². The highest BCUT2D eigenvalue weighted by molar-refractivity contribution is 8.26. The van der Waals surface area contributed by atoms with Crippen molar-refractivity contribution in [3.05, 3.63) is 70.2 Å². The second-order valence-electron chi connectivity index (χ2n) is 7.72. The summed E-state index contributed by atoms with van der Waals surface area (Å²) in [6.07, 6.45) is 5.45. The number of thiocarbonyl (C=S) groups is 1. The van der Waals surface area contributed by atoms with Crippen molar-refractivity contribution in [2.75, 3.05) is 13.2 Å². The summed E-state index contributed by atoms with van der Waals surface area (Å²) in [4.78, 5) is 25.4. The van der Waals surface area contributed by atoms with Crippen LogP contribution in [0.3, 0.4) is 0 Å². The molecule has 0 saturated carbocycles. The molecular formula is C25H22ClN3O4S2. The number of hydrogen-bond acceptors (Lipinski definition) is 6. The van der Waals surface area contributed by atoms with E-state index in [1.807, 2.05) is 48.7 Å². The molecule has 10 heteroatoms. The molecule has 0 bridgehead atoms. The first-order valence-corrected chi connectivity index (χ1v) is 12.5. The van der Waals surface area contributed by atoms with E-state index in [9.17, 15) is 9.59 Å². The van der Waals surface area contributed by atoms with Crippen LogP contribution in [0.5, 0.6) is 5.75 Å². The highest BCUT2D eigenvalue weighted by Gasteiger charge is 2.33. The Kier molecular flexibility index (Phi) is 7.90. The fourth-order valence-electron chi connectivity index (χ4n) is 3.43. The predicted molar refractivity (Wildman–Crippen MR) is 142 cm³/mol. The molecule has 1 N–H and O–H groups in total. The molecule has 0 spiro atoms. The average Bonchev–Trinajstić information content (AvgIpc) is 3.37. The Morgan fingerprint density at radius 3 is 2.71 bits per heavy atom. The molecule has 1 aliphatic rings. The maximum absolute atomic E-state index is 12.8. The monoisotopic (exact) mass is 527 g/mol. The van der Waals surface area contributed by atoms with Gasteiger partial charge in [-0.15, -0.1) is 0 Å². The zero-order chi connectivity index (χ0) is 24.9. The Balaban J connectivity index is 1.74. The summed E-state index contributed by atoms with van der Waals surface area (Å²) in [5.41, 5.74) is 2.87. The number of halogens is 1. The van der Waals surface area contributed by atoms with Gasteiger partial charge in [0.1, 0.15) is 22.3 Å². The Morgan fingerprint density at radius 1 is 1.26 bits per heavy atom. The number of rotatable bonds is 9. The lowest BCUT2D eigenvalue weighted by Crippen LogP contribution is -2.33. The van der Waals surface area contributed by atoms with Gasteiger partial charge >= 0.3 is 5.97 Å². The van der Waals surface area contributed by atoms with Gasteiger partial charge < -0.3 is 9.84 Å². The van der Waals surface area contributed by atoms with Gasteiger partial charge in [-0.3, -0.25) is 14.5 Å². The normalized spacial score (nSPS) is 14.7. The van der Waals surface area contributed by atoms with Crippen LogP contribution in [0.15, 0.2) is 59.6 Å². The molecule has 0 unspecified atom stereocenters. The number of benzene rings is 2. The summed E-state index contributed by atoms with van der Waals surface area (Å²) in [7, 11) is 0. The molecule has 1 aromatic heterocycles. The second kappa shape index (κ2) is 11.1. The van der Waals surface area contributed by atoms with Crippen LogP contribution in [-0.4, -0.2) is 49.1 Å². The smallest absolute Gasteiger partial charge is 0.323 e. The number of carbonyl (C=O) groups is 2. The molecule has 180 valence electrons. The van der Waals surface area contributed by atoms with E-state index in [1.165, 1.54) is 0 Å². The molecule has 1 amide bonds. The summed E-state index contributed by atoms with van der Waals surface area (Å²) in [6, 6.07) is 15.0. The number of para-hydroxylation sites is 1. The molecular weight excluding hydrogens is 506 g/mol. The average molecular weight is 528 g/mol. The summed E-state index contributed by atoms with van der Waals surface area (Å²) in [5, 5.41) is 14.3. The number of nitrogens with zero attached hydrogens (tertiary/aromatic N) is 3. The third kappa shape index (κ3) is 5.75. The van der Waals surface area contributed by atoms with Crippen LogP contribution in [0.4, 0.5) is 0 Å². The third-order valence-electron chi connectivity index (χ3n) is 5.18. The van der Waals surface area contributed by atoms with Crippen molar-refractivity contribution >= 4 is 57.9 Å². The number of ether oxygens (including phenoxy) is 1. The van der Waals surface area contributed by atoms with Gasteiger partial charge in [0.2, 0.25) is 0 Å². The molecule has 2 heterocycles. The second-order valence-corrected chi connectivity index (χ2v) is 9.80. The third-order valence-corrected chi connectivity index (χ3v) is 6.85. The van der Waals surface area contributed by atoms with Gasteiger partial charge in [-0.05, 0) is 42.8 Å². The van der Waals surface area contributed by atoms with Gasteiger partial charge in [0.25, 0.3) is 5.91 Å². The molecule has 0 atom stereocenters. The Bertz CT molecular complexity index is 1310. The number of amides is 1. The van der Waals surface area contributed by atoms with Crippen LogP contribution in [0, 0.1) is 0 Å². The molecule has 1 saturated heterocycles. The van der Waals surface area contributed by atoms with Crippen LogP contribution in [0.2, 0.25) is 5.02 Å². The zero-order valence-electron chi connectivity index (χ0n) is 18.8. The van der Waals surface area contributed by atoms with Gasteiger partial charge in [-0.2, -0.15) is 5.10 Å². The number of carboxylic acid groups (broad SMARTS) is 1. The van der Waals surface area contributed by atoms with E-state index in [2.05, 4.69) is 6.92 Å². The van der Waals surface area contributed by atoms with Gasteiger partial charge in [0.15, 0.2) is 0 Å². The lowest BCUT2D eigenvalue weighted by Gasteiger charge is -2.10. The van der Waals surface area contributed by atoms with Crippen molar-refractivity contribution in [3.8, 4) is 22.7 Å². The van der Waals surface area contributed by atoms with Crippen molar-refractivity contribution in [2.45, 2.75) is 19.8 Å². The molecule has 2 aromatic carbocycles. The molecule has 35 heavy (non-hydrogen) atoms. The minimum Gasteiger partial charge on any atom is -0.492 e. The van der Waals surface area contributed by atoms with Crippen molar-refractivity contribution in [1.29, 1.82) is 0 Å². The number of thioether (sulfide) groups is 1. The van der Waals surface area contributed by atoms with Gasteiger partial charge in [0.05, 0.1) is 22.2 Å². The Hall–Kier alpha value is -3.14. The van der Waals surface area contributed by atoms with E-state index >= 15 is 0 Å². The minimum absolute atomic E-state index is 0.206. The molecule has 0 radical (unpaired) electrons. The van der Waals surface area contributed by atoms with E-state index in [0.717, 1.165) is 40.8 Å². The number of aliphatic carboxylic acids is 1. The van der Waals surface area contributed by atoms with Crippen LogP contribution >= 0.6 is 35.6 Å². The first-order chi connectivity index (χ1) is 16.9. The standard InChI is InChI=1S/C25H22ClN3O4S2/c1-2-3-11-33-20-10-9-16(12-19(20)26)23-17(14-29(27-23)18-7-5-4-6-8-18)13-21-24(32)28(15-22(30)31)25(34)35-21/h4-10,12-14H,2-3,11,15H2,1H3,(H,30,31). The topological polar surface area (TPSA) is 84.7 Å². The van der Waals surface area contributed by atoms with E-state index in [4.69, 9.17) is 38.8 Å². The quantitative estimate of drug-likeness (QED) is 0.218. The van der Waals surface area contributed by atoms with Crippen LogP contribution < -0.4 is 4.74 Å². The maximum atomic E-state index is 12.8. The number of aromatic nitrogens is 2. The maximum Gasteiger partial charge on any atom is 0.323 e. The SMILES string of the molecule is CCCCOc1ccc(-c2nn(-c3ccccc3)cc2C=C2SC(=S)N(CC(=O)O)C2=O)cc1Cl. The van der Waals surface area contributed by atoms with E-state index in [1.54, 1.807) is 16.8 Å². The Morgan fingerprint density at radius 2 is 2.03 bits per heavy atom. The highest BCUT2D eigenvalue weighted by Crippen LogP contribution is 2.36. The molecule has 3 aromatic rings. The van der Waals surface area contributed by atoms with E-state index in [-0.39, 0.29) is 4.32 Å². The first-order valence-electron chi connectivity index (χ1n) is 10.9. The summed E-state index contributed by atoms with van der Waals surface area (Å²) in [5.74, 6) is -0.975. The molecule has 4 rings (SSSR count). The number of carbonyl (C=O) groups excluding carboxylic acids is 1. The van der Waals surface area contributed by atoms with Crippen molar-refractivity contribution in [3.63, 3.8) is 0 Å². The van der Waals surface area contributed by atoms with Crippen molar-refractivity contribution < 1.29 is 19.4 Å². The van der Waals surface area contributed by atoms with E-state index in [0.29, 0.717) is 33.5 Å². The van der Waals surface area contributed by atoms with Crippen LogP contribution in [-0.2, 0) is 9.59 Å².